The van der Waals surface area contributed by atoms with Crippen LogP contribution < -0.4 is 0 Å². The van der Waals surface area contributed by atoms with Gasteiger partial charge in [-0.15, -0.1) is 0 Å². The molecule has 3 fully saturated rings. The SMILES string of the molecule is CCC(C)(CC(C)C)C(=O)OC1C2OCCC(=O)C3C[C@@H]1OC32. The molecule has 5 nitrogen and oxygen atoms in total. The van der Waals surface area contributed by atoms with Gasteiger partial charge in [0.1, 0.15) is 11.9 Å². The van der Waals surface area contributed by atoms with Gasteiger partial charge >= 0.3 is 5.97 Å². The van der Waals surface area contributed by atoms with Gasteiger partial charge in [-0.3, -0.25) is 9.59 Å². The normalized spacial score (nSPS) is 38.5. The minimum Gasteiger partial charge on any atom is -0.456 e. The van der Waals surface area contributed by atoms with Gasteiger partial charge < -0.3 is 14.2 Å². The maximum absolute atomic E-state index is 12.8. The van der Waals surface area contributed by atoms with Crippen LogP contribution in [0.2, 0.25) is 0 Å². The molecule has 3 rings (SSSR count). The Hall–Kier alpha value is -0.940. The number of carbonyl (C=O) groups is 2. The molecule has 23 heavy (non-hydrogen) atoms. The number of hydrogen-bond acceptors (Lipinski definition) is 5. The largest absolute Gasteiger partial charge is 0.456 e. The summed E-state index contributed by atoms with van der Waals surface area (Å²) in [5.41, 5.74) is -0.476. The molecule has 6 atom stereocenters. The van der Waals surface area contributed by atoms with Crippen molar-refractivity contribution >= 4 is 11.8 Å². The first-order valence-electron chi connectivity index (χ1n) is 8.86. The van der Waals surface area contributed by atoms with Crippen LogP contribution in [0.5, 0.6) is 0 Å². The molecule has 0 radical (unpaired) electrons. The summed E-state index contributed by atoms with van der Waals surface area (Å²) >= 11 is 0. The minimum absolute atomic E-state index is 0.0734. The number of carbonyl (C=O) groups excluding carboxylic acids is 2. The second kappa shape index (κ2) is 6.17. The Bertz CT molecular complexity index is 488. The molecule has 3 aliphatic rings. The zero-order chi connectivity index (χ0) is 16.8. The predicted molar refractivity (Wildman–Crippen MR) is 83.9 cm³/mol. The highest BCUT2D eigenvalue weighted by Gasteiger charge is 2.60. The lowest BCUT2D eigenvalue weighted by molar-refractivity contribution is -0.171. The third-order valence-electron chi connectivity index (χ3n) is 5.68. The van der Waals surface area contributed by atoms with Crippen LogP contribution in [0.15, 0.2) is 0 Å². The second-order valence-corrected chi connectivity index (χ2v) is 7.92. The third-order valence-corrected chi connectivity index (χ3v) is 5.68. The molecule has 0 aromatic carbocycles. The van der Waals surface area contributed by atoms with E-state index in [4.69, 9.17) is 14.2 Å². The van der Waals surface area contributed by atoms with Gasteiger partial charge in [0, 0.05) is 12.3 Å². The van der Waals surface area contributed by atoms with Crippen molar-refractivity contribution in [1.82, 2.24) is 0 Å². The number of hydrogen-bond donors (Lipinski definition) is 0. The minimum atomic E-state index is -0.476. The van der Waals surface area contributed by atoms with Crippen LogP contribution in [0.4, 0.5) is 0 Å². The predicted octanol–water partition coefficient (Wildman–Crippen LogP) is 2.51. The van der Waals surface area contributed by atoms with Crippen molar-refractivity contribution in [2.45, 2.75) is 77.8 Å². The van der Waals surface area contributed by atoms with E-state index in [1.165, 1.54) is 0 Å². The number of esters is 1. The van der Waals surface area contributed by atoms with Crippen molar-refractivity contribution in [3.8, 4) is 0 Å². The Balaban J connectivity index is 1.71. The Labute approximate surface area is 138 Å². The molecule has 3 heterocycles. The fourth-order valence-electron chi connectivity index (χ4n) is 4.32. The molecular formula is C18H28O5. The van der Waals surface area contributed by atoms with E-state index >= 15 is 0 Å². The molecule has 2 bridgehead atoms. The Morgan fingerprint density at radius 2 is 2.13 bits per heavy atom. The number of rotatable bonds is 5. The third kappa shape index (κ3) is 2.93. The number of fused-ring (bicyclic) bond motifs is 1. The van der Waals surface area contributed by atoms with Gasteiger partial charge in [-0.2, -0.15) is 0 Å². The summed E-state index contributed by atoms with van der Waals surface area (Å²) in [5.74, 6) is 0.421. The molecule has 0 aromatic heterocycles. The topological polar surface area (TPSA) is 61.8 Å². The molecule has 3 aliphatic heterocycles. The van der Waals surface area contributed by atoms with Crippen LogP contribution in [0.1, 0.15) is 53.4 Å². The van der Waals surface area contributed by atoms with E-state index < -0.39 is 5.41 Å². The van der Waals surface area contributed by atoms with Crippen LogP contribution in [-0.2, 0) is 23.8 Å². The smallest absolute Gasteiger partial charge is 0.312 e. The number of ketones is 1. The van der Waals surface area contributed by atoms with Gasteiger partial charge in [-0.05, 0) is 32.1 Å². The van der Waals surface area contributed by atoms with E-state index in [-0.39, 0.29) is 42.1 Å². The van der Waals surface area contributed by atoms with Crippen LogP contribution in [-0.4, -0.2) is 42.8 Å². The zero-order valence-electron chi connectivity index (χ0n) is 14.5. The average Bonchev–Trinajstić information content (AvgIpc) is 3.03. The molecule has 0 amide bonds. The lowest BCUT2D eigenvalue weighted by Gasteiger charge is -2.33. The van der Waals surface area contributed by atoms with Crippen molar-refractivity contribution in [2.24, 2.45) is 17.3 Å². The maximum atomic E-state index is 12.8. The van der Waals surface area contributed by atoms with Gasteiger partial charge in [0.2, 0.25) is 0 Å². The molecule has 0 saturated carbocycles. The maximum Gasteiger partial charge on any atom is 0.312 e. The van der Waals surface area contributed by atoms with Crippen molar-refractivity contribution < 1.29 is 23.8 Å². The number of ether oxygens (including phenoxy) is 3. The van der Waals surface area contributed by atoms with Crippen molar-refractivity contribution in [1.29, 1.82) is 0 Å². The highest BCUT2D eigenvalue weighted by Crippen LogP contribution is 2.45. The first-order chi connectivity index (χ1) is 10.9. The summed E-state index contributed by atoms with van der Waals surface area (Å²) in [7, 11) is 0. The van der Waals surface area contributed by atoms with Crippen molar-refractivity contribution in [2.75, 3.05) is 6.61 Å². The summed E-state index contributed by atoms with van der Waals surface area (Å²) in [6.07, 6.45) is 1.58. The summed E-state index contributed by atoms with van der Waals surface area (Å²) < 4.78 is 17.6. The Kier molecular flexibility index (Phi) is 4.53. The van der Waals surface area contributed by atoms with E-state index in [1.54, 1.807) is 0 Å². The van der Waals surface area contributed by atoms with E-state index in [2.05, 4.69) is 13.8 Å². The van der Waals surface area contributed by atoms with Gasteiger partial charge in [0.15, 0.2) is 6.10 Å². The highest BCUT2D eigenvalue weighted by molar-refractivity contribution is 5.83. The van der Waals surface area contributed by atoms with Crippen molar-refractivity contribution in [3.63, 3.8) is 0 Å². The van der Waals surface area contributed by atoms with Gasteiger partial charge in [0.05, 0.1) is 24.2 Å². The standard InChI is InChI=1S/C18H28O5/c1-5-18(4,9-10(2)3)17(20)23-15-13-8-11-12(19)6-7-21-16(15)14(11)22-13/h10-11,13-16H,5-9H2,1-4H3/t11?,13-,14?,15?,16?,18?/m0/s1. The molecule has 0 aliphatic carbocycles. The summed E-state index contributed by atoms with van der Waals surface area (Å²) in [6.45, 7) is 8.64. The molecule has 130 valence electrons. The zero-order valence-corrected chi connectivity index (χ0v) is 14.5. The van der Waals surface area contributed by atoms with E-state index in [0.717, 1.165) is 12.8 Å². The quantitative estimate of drug-likeness (QED) is 0.727. The average molecular weight is 324 g/mol. The molecule has 5 heteroatoms. The summed E-state index contributed by atoms with van der Waals surface area (Å²) in [4.78, 5) is 24.8. The van der Waals surface area contributed by atoms with E-state index in [1.807, 2.05) is 13.8 Å². The summed E-state index contributed by atoms with van der Waals surface area (Å²) in [6, 6.07) is 0. The molecule has 0 spiro atoms. The van der Waals surface area contributed by atoms with Gasteiger partial charge in [-0.1, -0.05) is 20.8 Å². The number of Topliss-reactive ketones (excluding diaryl/α,β-unsaturated/α-hetero) is 1. The van der Waals surface area contributed by atoms with E-state index in [0.29, 0.717) is 25.4 Å². The van der Waals surface area contributed by atoms with E-state index in [9.17, 15) is 9.59 Å². The molecule has 5 unspecified atom stereocenters. The molecule has 3 saturated heterocycles. The lowest BCUT2D eigenvalue weighted by Crippen LogP contribution is -2.47. The first-order valence-corrected chi connectivity index (χ1v) is 8.86. The first kappa shape index (κ1) is 16.9. The van der Waals surface area contributed by atoms with Crippen LogP contribution in [0, 0.1) is 17.3 Å². The fourth-order valence-corrected chi connectivity index (χ4v) is 4.32. The fraction of sp³-hybridized carbons (Fsp3) is 0.889. The summed E-state index contributed by atoms with van der Waals surface area (Å²) in [5, 5.41) is 0. The van der Waals surface area contributed by atoms with Crippen LogP contribution >= 0.6 is 0 Å². The van der Waals surface area contributed by atoms with Crippen molar-refractivity contribution in [3.05, 3.63) is 0 Å². The second-order valence-electron chi connectivity index (χ2n) is 7.92. The van der Waals surface area contributed by atoms with Gasteiger partial charge in [-0.25, -0.2) is 0 Å². The lowest BCUT2D eigenvalue weighted by atomic mass is 9.79. The van der Waals surface area contributed by atoms with Crippen LogP contribution in [0.3, 0.4) is 0 Å². The van der Waals surface area contributed by atoms with Gasteiger partial charge in [0.25, 0.3) is 0 Å². The highest BCUT2D eigenvalue weighted by atomic mass is 16.6. The Morgan fingerprint density at radius 3 is 2.78 bits per heavy atom. The molecular weight excluding hydrogens is 296 g/mol. The van der Waals surface area contributed by atoms with Crippen LogP contribution in [0.25, 0.3) is 0 Å². The Morgan fingerprint density at radius 1 is 1.39 bits per heavy atom. The molecule has 0 aromatic rings. The monoisotopic (exact) mass is 324 g/mol. The molecule has 0 N–H and O–H groups in total.